The number of halogens is 3. The highest BCUT2D eigenvalue weighted by Crippen LogP contribution is 2.34. The van der Waals surface area contributed by atoms with Crippen LogP contribution < -0.4 is 15.5 Å². The van der Waals surface area contributed by atoms with Crippen molar-refractivity contribution in [3.8, 4) is 0 Å². The summed E-state index contributed by atoms with van der Waals surface area (Å²) in [6.07, 6.45) is 2.91. The third-order valence-corrected chi connectivity index (χ3v) is 5.85. The number of aryl methyl sites for hydroxylation is 1. The number of hydrogen-bond acceptors (Lipinski definition) is 7. The van der Waals surface area contributed by atoms with E-state index in [4.69, 9.17) is 4.74 Å². The van der Waals surface area contributed by atoms with Gasteiger partial charge in [-0.25, -0.2) is 18.2 Å². The van der Waals surface area contributed by atoms with Crippen molar-refractivity contribution in [1.82, 2.24) is 19.7 Å². The Kier molecular flexibility index (Phi) is 7.13. The van der Waals surface area contributed by atoms with Gasteiger partial charge in [-0.1, -0.05) is 0 Å². The van der Waals surface area contributed by atoms with Crippen LogP contribution in [0.1, 0.15) is 44.5 Å². The van der Waals surface area contributed by atoms with E-state index in [0.29, 0.717) is 29.7 Å². The van der Waals surface area contributed by atoms with Crippen molar-refractivity contribution in [1.29, 1.82) is 0 Å². The van der Waals surface area contributed by atoms with Gasteiger partial charge in [-0.3, -0.25) is 9.48 Å². The molecular formula is C25H30F3N7O2. The normalized spacial score (nSPS) is 16.4. The lowest BCUT2D eigenvalue weighted by molar-refractivity contribution is -0.124. The van der Waals surface area contributed by atoms with Gasteiger partial charge in [0.15, 0.2) is 23.3 Å². The topological polar surface area (TPSA) is 97.2 Å². The van der Waals surface area contributed by atoms with Crippen LogP contribution in [0.5, 0.6) is 0 Å². The van der Waals surface area contributed by atoms with Crippen molar-refractivity contribution in [2.75, 3.05) is 22.6 Å². The van der Waals surface area contributed by atoms with Gasteiger partial charge in [0.05, 0.1) is 30.1 Å². The first kappa shape index (κ1) is 26.4. The van der Waals surface area contributed by atoms with Gasteiger partial charge >= 0.3 is 0 Å². The van der Waals surface area contributed by atoms with Gasteiger partial charge < -0.3 is 20.3 Å². The Labute approximate surface area is 213 Å². The van der Waals surface area contributed by atoms with Crippen LogP contribution in [0.15, 0.2) is 24.5 Å². The second-order valence-corrected chi connectivity index (χ2v) is 10.1. The maximum absolute atomic E-state index is 13.5. The Morgan fingerprint density at radius 3 is 2.49 bits per heavy atom. The number of carbonyl (C=O) groups excluding carboxylic acids is 1. The Balaban J connectivity index is 1.47. The van der Waals surface area contributed by atoms with E-state index >= 15 is 0 Å². The summed E-state index contributed by atoms with van der Waals surface area (Å²) < 4.78 is 47.7. The molecule has 198 valence electrons. The Hall–Kier alpha value is -3.67. The summed E-state index contributed by atoms with van der Waals surface area (Å²) in [5.74, 6) is -3.24. The summed E-state index contributed by atoms with van der Waals surface area (Å²) in [6, 6.07) is 1.31. The first-order valence-electron chi connectivity index (χ1n) is 11.8. The van der Waals surface area contributed by atoms with Crippen molar-refractivity contribution in [3.63, 3.8) is 0 Å². The molecular weight excluding hydrogens is 487 g/mol. The monoisotopic (exact) mass is 517 g/mol. The number of rotatable bonds is 7. The van der Waals surface area contributed by atoms with Crippen molar-refractivity contribution < 1.29 is 22.7 Å². The third kappa shape index (κ3) is 5.85. The van der Waals surface area contributed by atoms with E-state index in [9.17, 15) is 18.0 Å². The van der Waals surface area contributed by atoms with E-state index in [1.54, 1.807) is 31.3 Å². The van der Waals surface area contributed by atoms with Crippen LogP contribution in [0.3, 0.4) is 0 Å². The molecule has 37 heavy (non-hydrogen) atoms. The van der Waals surface area contributed by atoms with Crippen LogP contribution in [-0.4, -0.2) is 50.5 Å². The van der Waals surface area contributed by atoms with Gasteiger partial charge in [-0.05, 0) is 52.3 Å². The lowest BCUT2D eigenvalue weighted by Gasteiger charge is -2.39. The largest absolute Gasteiger partial charge is 0.370 e. The van der Waals surface area contributed by atoms with Gasteiger partial charge in [0.1, 0.15) is 11.7 Å². The molecule has 3 heterocycles. The number of anilines is 3. The summed E-state index contributed by atoms with van der Waals surface area (Å²) in [7, 11) is 1.80. The minimum Gasteiger partial charge on any atom is -0.370 e. The van der Waals surface area contributed by atoms with E-state index in [1.165, 1.54) is 4.68 Å². The van der Waals surface area contributed by atoms with Crippen LogP contribution in [-0.2, 0) is 22.6 Å². The second-order valence-electron chi connectivity index (χ2n) is 10.1. The molecule has 4 rings (SSSR count). The fraction of sp³-hybridized carbons (Fsp3) is 0.440. The molecule has 1 aliphatic heterocycles. The molecule has 0 unspecified atom stereocenters. The predicted octanol–water partition coefficient (Wildman–Crippen LogP) is 4.02. The number of carbonyl (C=O) groups is 1. The molecule has 1 aromatic carbocycles. The number of likely N-dealkylation sites (N-methyl/N-ethyl adjacent to an activating group) is 1. The molecule has 0 spiro atoms. The molecule has 1 aliphatic rings. The number of amides is 1. The van der Waals surface area contributed by atoms with Crippen LogP contribution in [0.2, 0.25) is 0 Å². The summed E-state index contributed by atoms with van der Waals surface area (Å²) in [6.45, 7) is 9.85. The molecule has 0 bridgehead atoms. The molecule has 2 atom stereocenters. The van der Waals surface area contributed by atoms with Crippen LogP contribution in [0, 0.1) is 24.4 Å². The number of fused-ring (bicyclic) bond motifs is 1. The molecule has 0 radical (unpaired) electrons. The zero-order chi connectivity index (χ0) is 27.1. The summed E-state index contributed by atoms with van der Waals surface area (Å²) >= 11 is 0. The molecule has 2 aromatic heterocycles. The number of nitrogens with one attached hydrogen (secondary N) is 2. The van der Waals surface area contributed by atoms with Crippen molar-refractivity contribution in [2.45, 2.75) is 65.5 Å². The lowest BCUT2D eigenvalue weighted by Crippen LogP contribution is -2.54. The summed E-state index contributed by atoms with van der Waals surface area (Å²) in [5, 5.41) is 10.3. The maximum Gasteiger partial charge on any atom is 0.249 e. The summed E-state index contributed by atoms with van der Waals surface area (Å²) in [4.78, 5) is 23.7. The van der Waals surface area contributed by atoms with Crippen molar-refractivity contribution in [2.24, 2.45) is 0 Å². The predicted molar refractivity (Wildman–Crippen MR) is 133 cm³/mol. The zero-order valence-electron chi connectivity index (χ0n) is 21.6. The van der Waals surface area contributed by atoms with E-state index in [-0.39, 0.29) is 18.0 Å². The van der Waals surface area contributed by atoms with Gasteiger partial charge in [0.2, 0.25) is 11.9 Å². The third-order valence-electron chi connectivity index (χ3n) is 5.85. The fourth-order valence-electron chi connectivity index (χ4n) is 4.34. The van der Waals surface area contributed by atoms with Gasteiger partial charge in [0.25, 0.3) is 0 Å². The molecule has 0 saturated carbocycles. The number of nitrogens with zero attached hydrogens (tertiary/aromatic N) is 5. The number of aromatic nitrogens is 4. The molecule has 12 heteroatoms. The van der Waals surface area contributed by atoms with E-state index in [1.807, 2.05) is 27.7 Å². The molecule has 3 aromatic rings. The number of hydrogen-bond donors (Lipinski definition) is 2. The highest BCUT2D eigenvalue weighted by molar-refractivity contribution is 6.03. The van der Waals surface area contributed by atoms with E-state index in [0.717, 1.165) is 17.7 Å². The van der Waals surface area contributed by atoms with Gasteiger partial charge in [-0.2, -0.15) is 10.1 Å². The molecule has 2 N–H and O–H groups in total. The van der Waals surface area contributed by atoms with Crippen LogP contribution in [0.25, 0.3) is 0 Å². The van der Waals surface area contributed by atoms with Crippen molar-refractivity contribution in [3.05, 3.63) is 58.8 Å². The summed E-state index contributed by atoms with van der Waals surface area (Å²) in [5.41, 5.74) is 1.75. The minimum atomic E-state index is -1.50. The van der Waals surface area contributed by atoms with Crippen LogP contribution >= 0.6 is 0 Å². The molecule has 9 nitrogen and oxygen atoms in total. The molecule has 0 fully saturated rings. The first-order valence-corrected chi connectivity index (χ1v) is 11.8. The average molecular weight is 518 g/mol. The average Bonchev–Trinajstić information content (AvgIpc) is 3.23. The molecule has 0 saturated heterocycles. The first-order chi connectivity index (χ1) is 17.3. The molecule has 1 amide bonds. The Morgan fingerprint density at radius 1 is 1.16 bits per heavy atom. The van der Waals surface area contributed by atoms with Gasteiger partial charge in [-0.15, -0.1) is 0 Å². The van der Waals surface area contributed by atoms with Crippen molar-refractivity contribution >= 4 is 23.4 Å². The maximum atomic E-state index is 13.5. The minimum absolute atomic E-state index is 0.0727. The smallest absolute Gasteiger partial charge is 0.249 e. The number of benzene rings is 1. The Bertz CT molecular complexity index is 1300. The highest BCUT2D eigenvalue weighted by Gasteiger charge is 2.39. The fourth-order valence-corrected chi connectivity index (χ4v) is 4.34. The quantitative estimate of drug-likeness (QED) is 0.457. The lowest BCUT2D eigenvalue weighted by atomic mass is 10.1. The molecule has 0 aliphatic carbocycles. The van der Waals surface area contributed by atoms with Gasteiger partial charge in [0, 0.05) is 25.4 Å². The number of ether oxygens (including phenoxy) is 1. The van der Waals surface area contributed by atoms with Crippen LogP contribution in [0.4, 0.5) is 30.6 Å². The Morgan fingerprint density at radius 2 is 1.84 bits per heavy atom. The van der Waals surface area contributed by atoms with E-state index < -0.39 is 35.2 Å². The standard InChI is InChI=1S/C25H30F3N7O2/c1-13-20-22(34(6)21(23(36)32-20)14(2)37-25(3,4)5)33-24(31-13)29-9-16-10-30-35(12-16)11-15-7-17(26)19(28)18(27)8-15/h7-8,10,12,14,21H,9,11H2,1-6H3,(H,32,36)(H,29,31,33)/t14-,21+/m1/s1. The second kappa shape index (κ2) is 10.0. The highest BCUT2D eigenvalue weighted by atomic mass is 19.2. The van der Waals surface area contributed by atoms with E-state index in [2.05, 4.69) is 25.7 Å². The zero-order valence-corrected chi connectivity index (χ0v) is 21.6. The SMILES string of the molecule is Cc1nc(NCc2cnn(Cc3cc(F)c(F)c(F)c3)c2)nc2c1NC(=O)[C@H]([C@@H](C)OC(C)(C)C)N2C.